The summed E-state index contributed by atoms with van der Waals surface area (Å²) in [7, 11) is 0. The van der Waals surface area contributed by atoms with Crippen LogP contribution in [0.25, 0.3) is 33.7 Å². The lowest BCUT2D eigenvalue weighted by Crippen LogP contribution is -1.98. The maximum Gasteiger partial charge on any atom is 0.247 e. The van der Waals surface area contributed by atoms with E-state index in [1.165, 1.54) is 6.20 Å². The number of fused-ring (bicyclic) bond motifs is 1. The van der Waals surface area contributed by atoms with Gasteiger partial charge in [-0.1, -0.05) is 0 Å². The molecule has 6 nitrogen and oxygen atoms in total. The Hall–Kier alpha value is -3.09. The lowest BCUT2D eigenvalue weighted by molar-refractivity contribution is 0.533. The predicted molar refractivity (Wildman–Crippen MR) is 89.3 cm³/mol. The Balaban J connectivity index is 1.65. The Labute approximate surface area is 142 Å². The van der Waals surface area contributed by atoms with Gasteiger partial charge in [-0.2, -0.15) is 0 Å². The summed E-state index contributed by atoms with van der Waals surface area (Å²) in [6.07, 6.45) is 5.08. The zero-order valence-corrected chi connectivity index (χ0v) is 13.5. The Morgan fingerprint density at radius 1 is 1.24 bits per heavy atom. The fourth-order valence-electron chi connectivity index (χ4n) is 3.01. The van der Waals surface area contributed by atoms with Crippen LogP contribution in [0.15, 0.2) is 35.0 Å². The first-order chi connectivity index (χ1) is 12.2. The minimum Gasteiger partial charge on any atom is -0.421 e. The highest BCUT2D eigenvalue weighted by Gasteiger charge is 2.29. The van der Waals surface area contributed by atoms with Crippen LogP contribution in [0.5, 0.6) is 0 Å². The lowest BCUT2D eigenvalue weighted by Gasteiger charge is -2.04. The third-order valence-electron chi connectivity index (χ3n) is 4.43. The number of aromatic amines is 1. The van der Waals surface area contributed by atoms with Gasteiger partial charge >= 0.3 is 0 Å². The molecule has 0 bridgehead atoms. The Morgan fingerprint density at radius 2 is 2.12 bits per heavy atom. The molecule has 0 atom stereocenters. The molecule has 3 heterocycles. The van der Waals surface area contributed by atoms with E-state index >= 15 is 0 Å². The second kappa shape index (κ2) is 5.20. The number of nitrogens with zero attached hydrogens (tertiary/aromatic N) is 4. The lowest BCUT2D eigenvalue weighted by atomic mass is 10.1. The summed E-state index contributed by atoms with van der Waals surface area (Å²) < 4.78 is 19.4. The predicted octanol–water partition coefficient (Wildman–Crippen LogP) is 4.00. The van der Waals surface area contributed by atoms with Crippen LogP contribution in [0, 0.1) is 12.7 Å². The van der Waals surface area contributed by atoms with Crippen LogP contribution in [-0.4, -0.2) is 25.1 Å². The van der Waals surface area contributed by atoms with Gasteiger partial charge in [0.25, 0.3) is 0 Å². The Morgan fingerprint density at radius 3 is 2.88 bits per heavy atom. The van der Waals surface area contributed by atoms with E-state index in [0.29, 0.717) is 23.3 Å². The van der Waals surface area contributed by atoms with Gasteiger partial charge in [0.05, 0.1) is 11.9 Å². The molecular formula is C18H14FN5O. The molecule has 0 saturated heterocycles. The van der Waals surface area contributed by atoms with E-state index in [-0.39, 0.29) is 11.7 Å². The molecule has 0 amide bonds. The average Bonchev–Trinajstić information content (AvgIpc) is 3.23. The highest BCUT2D eigenvalue weighted by Crippen LogP contribution is 2.41. The number of aryl methyl sites for hydroxylation is 1. The van der Waals surface area contributed by atoms with Gasteiger partial charge in [0, 0.05) is 41.1 Å². The van der Waals surface area contributed by atoms with Crippen LogP contribution in [0.4, 0.5) is 4.39 Å². The molecule has 1 saturated carbocycles. The van der Waals surface area contributed by atoms with Crippen molar-refractivity contribution in [3.63, 3.8) is 0 Å². The molecule has 25 heavy (non-hydrogen) atoms. The fourth-order valence-corrected chi connectivity index (χ4v) is 3.01. The largest absolute Gasteiger partial charge is 0.421 e. The highest BCUT2D eigenvalue weighted by atomic mass is 19.1. The van der Waals surface area contributed by atoms with E-state index in [4.69, 9.17) is 4.42 Å². The molecule has 5 rings (SSSR count). The maximum absolute atomic E-state index is 13.9. The molecule has 124 valence electrons. The van der Waals surface area contributed by atoms with Crippen molar-refractivity contribution in [1.82, 2.24) is 25.1 Å². The van der Waals surface area contributed by atoms with Gasteiger partial charge in [-0.05, 0) is 31.0 Å². The van der Waals surface area contributed by atoms with Crippen molar-refractivity contribution in [3.05, 3.63) is 48.0 Å². The van der Waals surface area contributed by atoms with Crippen LogP contribution in [0.2, 0.25) is 0 Å². The summed E-state index contributed by atoms with van der Waals surface area (Å²) in [5.41, 5.74) is 3.10. The van der Waals surface area contributed by atoms with Gasteiger partial charge in [0.1, 0.15) is 0 Å². The molecule has 0 radical (unpaired) electrons. The van der Waals surface area contributed by atoms with Crippen molar-refractivity contribution >= 4 is 10.9 Å². The molecule has 0 aliphatic heterocycles. The summed E-state index contributed by atoms with van der Waals surface area (Å²) in [5, 5.41) is 8.86. The van der Waals surface area contributed by atoms with E-state index in [1.807, 2.05) is 24.4 Å². The minimum atomic E-state index is -0.326. The van der Waals surface area contributed by atoms with Gasteiger partial charge in [0.15, 0.2) is 11.6 Å². The molecule has 3 aromatic heterocycles. The first kappa shape index (κ1) is 14.3. The van der Waals surface area contributed by atoms with Crippen molar-refractivity contribution in [2.45, 2.75) is 25.7 Å². The number of aromatic nitrogens is 5. The number of benzene rings is 1. The van der Waals surface area contributed by atoms with Gasteiger partial charge in [-0.25, -0.2) is 14.4 Å². The fraction of sp³-hybridized carbons (Fsp3) is 0.222. The zero-order valence-electron chi connectivity index (χ0n) is 13.5. The van der Waals surface area contributed by atoms with Gasteiger partial charge in [0.2, 0.25) is 11.8 Å². The van der Waals surface area contributed by atoms with E-state index in [9.17, 15) is 4.39 Å². The minimum absolute atomic E-state index is 0.226. The normalized spacial score (nSPS) is 14.3. The third-order valence-corrected chi connectivity index (χ3v) is 4.43. The van der Waals surface area contributed by atoms with E-state index in [1.54, 1.807) is 6.92 Å². The number of H-pyrrole nitrogens is 1. The number of halogens is 1. The van der Waals surface area contributed by atoms with Gasteiger partial charge in [-0.15, -0.1) is 10.2 Å². The summed E-state index contributed by atoms with van der Waals surface area (Å²) in [6, 6.07) is 5.81. The summed E-state index contributed by atoms with van der Waals surface area (Å²) in [6.45, 7) is 1.75. The van der Waals surface area contributed by atoms with E-state index in [2.05, 4.69) is 25.1 Å². The highest BCUT2D eigenvalue weighted by molar-refractivity contribution is 5.96. The molecule has 4 aromatic rings. The van der Waals surface area contributed by atoms with Crippen molar-refractivity contribution < 1.29 is 8.81 Å². The molecule has 1 aliphatic carbocycles. The molecular weight excluding hydrogens is 321 g/mol. The van der Waals surface area contributed by atoms with Crippen molar-refractivity contribution in [3.8, 4) is 22.8 Å². The third kappa shape index (κ3) is 2.39. The SMILES string of the molecule is Cc1nnc(-c2ccc3[nH]cc(-c4ncc(F)c(C5CC5)n4)c3c2)o1. The van der Waals surface area contributed by atoms with E-state index in [0.717, 1.165) is 34.9 Å². The first-order valence-corrected chi connectivity index (χ1v) is 8.13. The van der Waals surface area contributed by atoms with Crippen molar-refractivity contribution in [2.24, 2.45) is 0 Å². The number of hydrogen-bond donors (Lipinski definition) is 1. The molecule has 1 N–H and O–H groups in total. The average molecular weight is 335 g/mol. The molecule has 7 heteroatoms. The van der Waals surface area contributed by atoms with Crippen molar-refractivity contribution in [2.75, 3.05) is 0 Å². The second-order valence-electron chi connectivity index (χ2n) is 6.29. The monoisotopic (exact) mass is 335 g/mol. The first-order valence-electron chi connectivity index (χ1n) is 8.13. The number of rotatable bonds is 3. The maximum atomic E-state index is 13.9. The van der Waals surface area contributed by atoms with Crippen LogP contribution in [0.1, 0.15) is 30.3 Å². The quantitative estimate of drug-likeness (QED) is 0.612. The van der Waals surface area contributed by atoms with Crippen LogP contribution >= 0.6 is 0 Å². The molecule has 0 unspecified atom stereocenters. The Bertz CT molecular complexity index is 1100. The molecule has 1 aromatic carbocycles. The topological polar surface area (TPSA) is 80.5 Å². The molecule has 0 spiro atoms. The zero-order chi connectivity index (χ0) is 17.0. The molecule has 1 aliphatic rings. The smallest absolute Gasteiger partial charge is 0.247 e. The standard InChI is InChI=1S/C18H14FN5O/c1-9-23-24-18(25-9)11-4-5-15-12(6-11)13(7-20-15)17-21-8-14(19)16(22-17)10-2-3-10/h4-8,10,20H,2-3H2,1H3. The Kier molecular flexibility index (Phi) is 2.97. The van der Waals surface area contributed by atoms with Gasteiger partial charge in [-0.3, -0.25) is 0 Å². The summed E-state index contributed by atoms with van der Waals surface area (Å²) >= 11 is 0. The van der Waals surface area contributed by atoms with Crippen LogP contribution in [-0.2, 0) is 0 Å². The number of nitrogens with one attached hydrogen (secondary N) is 1. The number of hydrogen-bond acceptors (Lipinski definition) is 5. The second-order valence-corrected chi connectivity index (χ2v) is 6.29. The summed E-state index contributed by atoms with van der Waals surface area (Å²) in [5.74, 6) is 1.40. The van der Waals surface area contributed by atoms with Crippen LogP contribution in [0.3, 0.4) is 0 Å². The van der Waals surface area contributed by atoms with Crippen molar-refractivity contribution in [1.29, 1.82) is 0 Å². The van der Waals surface area contributed by atoms with Gasteiger partial charge < -0.3 is 9.40 Å². The van der Waals surface area contributed by atoms with Crippen LogP contribution < -0.4 is 0 Å². The summed E-state index contributed by atoms with van der Waals surface area (Å²) in [4.78, 5) is 11.9. The molecule has 1 fully saturated rings. The van der Waals surface area contributed by atoms with E-state index < -0.39 is 0 Å².